The molecule has 7 heteroatoms. The lowest BCUT2D eigenvalue weighted by atomic mass is 10.0. The summed E-state index contributed by atoms with van der Waals surface area (Å²) < 4.78 is 7.39. The number of carbonyl (C=O) groups excluding carboxylic acids is 2. The highest BCUT2D eigenvalue weighted by Gasteiger charge is 2.41. The topological polar surface area (TPSA) is 78.6 Å². The molecule has 0 bridgehead atoms. The van der Waals surface area contributed by atoms with E-state index in [1.54, 1.807) is 4.90 Å². The van der Waals surface area contributed by atoms with Crippen molar-refractivity contribution >= 4 is 23.4 Å². The van der Waals surface area contributed by atoms with Gasteiger partial charge in [0.1, 0.15) is 6.54 Å². The van der Waals surface area contributed by atoms with E-state index in [2.05, 4.69) is 6.07 Å². The summed E-state index contributed by atoms with van der Waals surface area (Å²) in [5.41, 5.74) is 4.31. The number of nitriles is 1. The molecule has 0 spiro atoms. The first-order valence-corrected chi connectivity index (χ1v) is 10.8. The lowest BCUT2D eigenvalue weighted by Gasteiger charge is -2.41. The van der Waals surface area contributed by atoms with Crippen LogP contribution in [-0.2, 0) is 16.1 Å². The molecule has 4 rings (SSSR count). The Kier molecular flexibility index (Phi) is 5.48. The second kappa shape index (κ2) is 8.10. The molecule has 1 aromatic heterocycles. The fourth-order valence-corrected chi connectivity index (χ4v) is 4.12. The van der Waals surface area contributed by atoms with Gasteiger partial charge in [-0.25, -0.2) is 4.79 Å². The molecule has 1 aliphatic carbocycles. The van der Waals surface area contributed by atoms with Crippen molar-refractivity contribution in [2.24, 2.45) is 5.92 Å². The molecular weight excluding hydrogens is 392 g/mol. The van der Waals surface area contributed by atoms with Gasteiger partial charge in [0.15, 0.2) is 0 Å². The van der Waals surface area contributed by atoms with Crippen LogP contribution in [0.25, 0.3) is 11.1 Å². The van der Waals surface area contributed by atoms with E-state index in [9.17, 15) is 9.59 Å². The number of ether oxygens (including phenoxy) is 1. The third-order valence-electron chi connectivity index (χ3n) is 5.82. The predicted octanol–water partition coefficient (Wildman–Crippen LogP) is 4.48. The van der Waals surface area contributed by atoms with E-state index in [1.165, 1.54) is 0 Å². The van der Waals surface area contributed by atoms with Crippen LogP contribution in [0.1, 0.15) is 39.3 Å². The van der Waals surface area contributed by atoms with Gasteiger partial charge in [0.25, 0.3) is 0 Å². The maximum atomic E-state index is 13.0. The number of aromatic nitrogens is 1. The molecule has 7 nitrogen and oxygen atoms in total. The number of nitrogens with zero attached hydrogens (tertiary/aromatic N) is 4. The Morgan fingerprint density at radius 2 is 1.94 bits per heavy atom. The van der Waals surface area contributed by atoms with Crippen molar-refractivity contribution in [1.29, 1.82) is 5.26 Å². The fraction of sp³-hybridized carbons (Fsp3) is 0.458. The first-order valence-electron chi connectivity index (χ1n) is 10.8. The standard InChI is InChI=1S/C24H28N4O3/c1-15(2)31-24(30)27-13-17(4)28(23(29)18-5-6-18)21-8-7-19(12-22(21)27)20-11-16(3)26(14-20)10-9-25/h7-8,11-12,14-15,17-18H,5-6,10,13H2,1-4H3. The molecule has 1 unspecified atom stereocenters. The van der Waals surface area contributed by atoms with Crippen LogP contribution < -0.4 is 9.80 Å². The summed E-state index contributed by atoms with van der Waals surface area (Å²) in [7, 11) is 0. The minimum Gasteiger partial charge on any atom is -0.446 e. The summed E-state index contributed by atoms with van der Waals surface area (Å²) in [5.74, 6) is 0.223. The van der Waals surface area contributed by atoms with E-state index in [0.29, 0.717) is 12.2 Å². The average Bonchev–Trinajstić information content (AvgIpc) is 3.50. The van der Waals surface area contributed by atoms with Gasteiger partial charge in [0.05, 0.1) is 29.6 Å². The van der Waals surface area contributed by atoms with Gasteiger partial charge < -0.3 is 14.2 Å². The summed E-state index contributed by atoms with van der Waals surface area (Å²) in [6, 6.07) is 9.90. The Labute approximate surface area is 182 Å². The summed E-state index contributed by atoms with van der Waals surface area (Å²) in [4.78, 5) is 29.4. The molecule has 31 heavy (non-hydrogen) atoms. The van der Waals surface area contributed by atoms with E-state index in [1.807, 2.05) is 67.6 Å². The van der Waals surface area contributed by atoms with Gasteiger partial charge >= 0.3 is 6.09 Å². The highest BCUT2D eigenvalue weighted by Crippen LogP contribution is 2.42. The maximum Gasteiger partial charge on any atom is 0.414 e. The van der Waals surface area contributed by atoms with E-state index >= 15 is 0 Å². The fourth-order valence-electron chi connectivity index (χ4n) is 4.12. The van der Waals surface area contributed by atoms with Crippen LogP contribution in [0.3, 0.4) is 0 Å². The second-order valence-electron chi connectivity index (χ2n) is 8.73. The molecule has 162 valence electrons. The Morgan fingerprint density at radius 1 is 1.19 bits per heavy atom. The van der Waals surface area contributed by atoms with Crippen LogP contribution in [-0.4, -0.2) is 35.3 Å². The van der Waals surface area contributed by atoms with Gasteiger partial charge in [-0.05, 0) is 69.9 Å². The van der Waals surface area contributed by atoms with Gasteiger partial charge in [-0.1, -0.05) is 6.07 Å². The molecule has 0 saturated heterocycles. The zero-order chi connectivity index (χ0) is 22.3. The largest absolute Gasteiger partial charge is 0.446 e. The summed E-state index contributed by atoms with van der Waals surface area (Å²) >= 11 is 0. The summed E-state index contributed by atoms with van der Waals surface area (Å²) in [6.45, 7) is 8.25. The SMILES string of the molecule is Cc1cc(-c2ccc3c(c2)N(C(=O)OC(C)C)CC(C)N3C(=O)C2CC2)cn1CC#N. The van der Waals surface area contributed by atoms with Crippen LogP contribution in [0.5, 0.6) is 0 Å². The van der Waals surface area contributed by atoms with Gasteiger partial charge in [-0.2, -0.15) is 5.26 Å². The summed E-state index contributed by atoms with van der Waals surface area (Å²) in [6.07, 6.45) is 3.16. The molecule has 2 aromatic rings. The molecule has 2 aliphatic rings. The van der Waals surface area contributed by atoms with Gasteiger partial charge in [0.2, 0.25) is 5.91 Å². The number of aryl methyl sites for hydroxylation is 1. The molecule has 0 radical (unpaired) electrons. The van der Waals surface area contributed by atoms with E-state index in [-0.39, 0.29) is 30.5 Å². The van der Waals surface area contributed by atoms with E-state index < -0.39 is 6.09 Å². The number of rotatable bonds is 4. The number of amides is 2. The summed E-state index contributed by atoms with van der Waals surface area (Å²) in [5, 5.41) is 9.04. The molecule has 1 atom stereocenters. The van der Waals surface area contributed by atoms with Crippen LogP contribution in [0.15, 0.2) is 30.5 Å². The maximum absolute atomic E-state index is 13.0. The normalized spacial score (nSPS) is 18.0. The highest BCUT2D eigenvalue weighted by molar-refractivity contribution is 6.05. The predicted molar refractivity (Wildman–Crippen MR) is 119 cm³/mol. The Morgan fingerprint density at radius 3 is 2.58 bits per heavy atom. The Bertz CT molecular complexity index is 1060. The van der Waals surface area contributed by atoms with Crippen molar-refractivity contribution in [3.63, 3.8) is 0 Å². The van der Waals surface area contributed by atoms with Crippen LogP contribution in [0.4, 0.5) is 16.2 Å². The smallest absolute Gasteiger partial charge is 0.414 e. The number of hydrogen-bond acceptors (Lipinski definition) is 4. The zero-order valence-electron chi connectivity index (χ0n) is 18.5. The number of hydrogen-bond donors (Lipinski definition) is 0. The Hall–Kier alpha value is -3.27. The quantitative estimate of drug-likeness (QED) is 0.730. The van der Waals surface area contributed by atoms with E-state index in [0.717, 1.165) is 35.3 Å². The number of fused-ring (bicyclic) bond motifs is 1. The van der Waals surface area contributed by atoms with Gasteiger partial charge in [0, 0.05) is 24.4 Å². The van der Waals surface area contributed by atoms with Crippen LogP contribution in [0.2, 0.25) is 0 Å². The average molecular weight is 421 g/mol. The third-order valence-corrected chi connectivity index (χ3v) is 5.82. The number of benzene rings is 1. The first kappa shape index (κ1) is 21.0. The molecule has 1 fully saturated rings. The van der Waals surface area contributed by atoms with Crippen molar-refractivity contribution in [3.05, 3.63) is 36.2 Å². The van der Waals surface area contributed by atoms with Gasteiger partial charge in [-0.15, -0.1) is 0 Å². The molecule has 1 aliphatic heterocycles. The molecular formula is C24H28N4O3. The molecule has 0 N–H and O–H groups in total. The van der Waals surface area contributed by atoms with Crippen molar-refractivity contribution in [3.8, 4) is 17.2 Å². The molecule has 1 aromatic carbocycles. The molecule has 2 heterocycles. The first-order chi connectivity index (χ1) is 14.8. The highest BCUT2D eigenvalue weighted by atomic mass is 16.6. The van der Waals surface area contributed by atoms with E-state index in [4.69, 9.17) is 10.00 Å². The van der Waals surface area contributed by atoms with Crippen molar-refractivity contribution in [2.45, 2.75) is 59.2 Å². The number of anilines is 2. The van der Waals surface area contributed by atoms with Crippen molar-refractivity contribution in [2.75, 3.05) is 16.3 Å². The number of carbonyl (C=O) groups is 2. The minimum atomic E-state index is -0.406. The van der Waals surface area contributed by atoms with Crippen LogP contribution in [0, 0.1) is 24.2 Å². The van der Waals surface area contributed by atoms with Crippen LogP contribution >= 0.6 is 0 Å². The lowest BCUT2D eigenvalue weighted by Crippen LogP contribution is -2.52. The zero-order valence-corrected chi connectivity index (χ0v) is 18.5. The lowest BCUT2D eigenvalue weighted by molar-refractivity contribution is -0.120. The third kappa shape index (κ3) is 4.02. The second-order valence-corrected chi connectivity index (χ2v) is 8.73. The van der Waals surface area contributed by atoms with Gasteiger partial charge in [-0.3, -0.25) is 9.69 Å². The monoisotopic (exact) mass is 420 g/mol. The minimum absolute atomic E-state index is 0.0896. The molecule has 1 saturated carbocycles. The molecule has 2 amide bonds. The van der Waals surface area contributed by atoms with Crippen molar-refractivity contribution in [1.82, 2.24) is 4.57 Å². The van der Waals surface area contributed by atoms with Crippen molar-refractivity contribution < 1.29 is 14.3 Å². The Balaban J connectivity index is 1.78.